The Balaban J connectivity index is 1.28. The van der Waals surface area contributed by atoms with Crippen molar-refractivity contribution in [2.75, 3.05) is 19.8 Å². The highest BCUT2D eigenvalue weighted by molar-refractivity contribution is 6.74. The minimum Gasteiger partial charge on any atom is -0.462 e. The predicted molar refractivity (Wildman–Crippen MR) is 167 cm³/mol. The average molecular weight is 643 g/mol. The second-order valence-electron chi connectivity index (χ2n) is 13.8. The van der Waals surface area contributed by atoms with Crippen LogP contribution in [-0.2, 0) is 37.6 Å². The molecular weight excluding hydrogens is 596 g/mol. The third-order valence-corrected chi connectivity index (χ3v) is 13.5. The van der Waals surface area contributed by atoms with Crippen molar-refractivity contribution in [2.45, 2.75) is 102 Å². The quantitative estimate of drug-likeness (QED) is 0.223. The van der Waals surface area contributed by atoms with Crippen LogP contribution in [0.3, 0.4) is 0 Å². The molecule has 0 amide bonds. The van der Waals surface area contributed by atoms with Crippen molar-refractivity contribution in [3.8, 4) is 0 Å². The summed E-state index contributed by atoms with van der Waals surface area (Å²) in [4.78, 5) is 25.5. The summed E-state index contributed by atoms with van der Waals surface area (Å²) in [5, 5.41) is 0.0240. The van der Waals surface area contributed by atoms with E-state index >= 15 is 0 Å². The normalized spacial score (nSPS) is 29.4. The fourth-order valence-electron chi connectivity index (χ4n) is 5.38. The van der Waals surface area contributed by atoms with Gasteiger partial charge >= 0.3 is 11.9 Å². The van der Waals surface area contributed by atoms with Gasteiger partial charge in [-0.2, -0.15) is 0 Å². The van der Waals surface area contributed by atoms with Gasteiger partial charge < -0.3 is 37.6 Å². The highest BCUT2D eigenvalue weighted by atomic mass is 28.4. The molecular formula is C34H46O10Si. The van der Waals surface area contributed by atoms with Crippen LogP contribution in [0.15, 0.2) is 60.7 Å². The summed E-state index contributed by atoms with van der Waals surface area (Å²) in [5.41, 5.74) is 0.894. The van der Waals surface area contributed by atoms with Gasteiger partial charge in [0.2, 0.25) is 0 Å². The smallest absolute Gasteiger partial charge is 0.338 e. The Kier molecular flexibility index (Phi) is 10.2. The standard InChI is InChI=1S/C34H46O10Si/c1-33(2,3)45(6,7)39-21-26-28(29-32(41-26)44-34(4,5)43-29)42-27-18-24(19-37-30(35)22-14-10-8-11-15-22)25(40-27)20-38-31(36)23-16-12-9-13-17-23/h8-17,24-29,32H,18-21H2,1-7H3/t24-,25-,26-,27-,28+,29-,32-/m1/s1. The van der Waals surface area contributed by atoms with Gasteiger partial charge in [-0.25, -0.2) is 9.59 Å². The van der Waals surface area contributed by atoms with Crippen LogP contribution >= 0.6 is 0 Å². The molecule has 3 saturated heterocycles. The van der Waals surface area contributed by atoms with Crippen LogP contribution in [0.4, 0.5) is 0 Å². The van der Waals surface area contributed by atoms with E-state index < -0.39 is 63.0 Å². The zero-order valence-corrected chi connectivity index (χ0v) is 28.2. The SMILES string of the molecule is CC1(C)O[C@H]2O[C@H](CO[Si](C)(C)C(C)(C)C)[C@H](O[C@@H]3C[C@H](COC(=O)c4ccccc4)[C@@H](COC(=O)c4ccccc4)O3)[C@H]2O1. The van der Waals surface area contributed by atoms with Crippen LogP contribution in [0.2, 0.25) is 18.1 Å². The molecule has 3 heterocycles. The van der Waals surface area contributed by atoms with Gasteiger partial charge in [0.15, 0.2) is 26.7 Å². The Morgan fingerprint density at radius 1 is 0.822 bits per heavy atom. The van der Waals surface area contributed by atoms with Gasteiger partial charge in [0.1, 0.15) is 31.0 Å². The third-order valence-electron chi connectivity index (χ3n) is 8.98. The van der Waals surface area contributed by atoms with Crippen molar-refractivity contribution < 1.29 is 47.2 Å². The number of carbonyl (C=O) groups is 2. The maximum atomic E-state index is 12.7. The van der Waals surface area contributed by atoms with Gasteiger partial charge in [0.25, 0.3) is 0 Å². The van der Waals surface area contributed by atoms with Crippen molar-refractivity contribution in [1.29, 1.82) is 0 Å². The highest BCUT2D eigenvalue weighted by Gasteiger charge is 2.57. The minimum atomic E-state index is -2.08. The predicted octanol–water partition coefficient (Wildman–Crippen LogP) is 5.72. The number of rotatable bonds is 11. The van der Waals surface area contributed by atoms with Crippen LogP contribution < -0.4 is 0 Å². The molecule has 0 aromatic heterocycles. The van der Waals surface area contributed by atoms with Crippen LogP contribution in [0.25, 0.3) is 0 Å². The fourth-order valence-corrected chi connectivity index (χ4v) is 6.40. The Labute approximate surface area is 266 Å². The number of fused-ring (bicyclic) bond motifs is 1. The monoisotopic (exact) mass is 642 g/mol. The summed E-state index contributed by atoms with van der Waals surface area (Å²) in [6.45, 7) is 15.0. The van der Waals surface area contributed by atoms with E-state index in [2.05, 4.69) is 33.9 Å². The Morgan fingerprint density at radius 3 is 1.98 bits per heavy atom. The van der Waals surface area contributed by atoms with E-state index in [1.165, 1.54) is 0 Å². The maximum Gasteiger partial charge on any atom is 0.338 e. The molecule has 2 aromatic rings. The third kappa shape index (κ3) is 8.21. The topological polar surface area (TPSA) is 108 Å². The van der Waals surface area contributed by atoms with Crippen LogP contribution in [0.1, 0.15) is 61.8 Å². The molecule has 3 aliphatic rings. The molecule has 3 aliphatic heterocycles. The van der Waals surface area contributed by atoms with Gasteiger partial charge in [-0.15, -0.1) is 0 Å². The lowest BCUT2D eigenvalue weighted by atomic mass is 10.0. The summed E-state index contributed by atoms with van der Waals surface area (Å²) in [7, 11) is -2.08. The fraction of sp³-hybridized carbons (Fsp3) is 0.588. The number of benzene rings is 2. The lowest BCUT2D eigenvalue weighted by molar-refractivity contribution is -0.241. The van der Waals surface area contributed by atoms with Gasteiger partial charge in [0, 0.05) is 12.3 Å². The second-order valence-corrected chi connectivity index (χ2v) is 18.7. The molecule has 0 bridgehead atoms. The molecule has 11 heteroatoms. The molecule has 0 spiro atoms. The van der Waals surface area contributed by atoms with Gasteiger partial charge in [0.05, 0.1) is 24.3 Å². The summed E-state index contributed by atoms with van der Waals surface area (Å²) in [6, 6.07) is 17.6. The molecule has 0 saturated carbocycles. The molecule has 3 fully saturated rings. The lowest BCUT2D eigenvalue weighted by Gasteiger charge is -2.37. The molecule has 10 nitrogen and oxygen atoms in total. The number of esters is 2. The first-order valence-corrected chi connectivity index (χ1v) is 18.5. The van der Waals surface area contributed by atoms with Crippen molar-refractivity contribution in [1.82, 2.24) is 0 Å². The molecule has 0 aliphatic carbocycles. The molecule has 0 N–H and O–H groups in total. The Hall–Kier alpha value is -2.64. The molecule has 0 unspecified atom stereocenters. The number of carbonyl (C=O) groups excluding carboxylic acids is 2. The molecule has 2 aromatic carbocycles. The summed E-state index contributed by atoms with van der Waals surface area (Å²) in [6.07, 6.45) is -2.93. The largest absolute Gasteiger partial charge is 0.462 e. The van der Waals surface area contributed by atoms with Crippen LogP contribution in [0.5, 0.6) is 0 Å². The zero-order valence-electron chi connectivity index (χ0n) is 27.2. The first-order valence-electron chi connectivity index (χ1n) is 15.6. The average Bonchev–Trinajstić information content (AvgIpc) is 3.63. The van der Waals surface area contributed by atoms with Crippen LogP contribution in [0, 0.1) is 5.92 Å². The van der Waals surface area contributed by atoms with E-state index in [-0.39, 0.29) is 24.2 Å². The van der Waals surface area contributed by atoms with Crippen LogP contribution in [-0.4, -0.2) is 82.9 Å². The summed E-state index contributed by atoms with van der Waals surface area (Å²) in [5.74, 6) is -2.02. The first kappa shape index (κ1) is 33.7. The highest BCUT2D eigenvalue weighted by Crippen LogP contribution is 2.42. The van der Waals surface area contributed by atoms with Crippen molar-refractivity contribution in [2.24, 2.45) is 5.92 Å². The Bertz CT molecular complexity index is 1230. The van der Waals surface area contributed by atoms with E-state index in [1.54, 1.807) is 48.5 Å². The van der Waals surface area contributed by atoms with E-state index in [4.69, 9.17) is 37.6 Å². The molecule has 45 heavy (non-hydrogen) atoms. The zero-order chi connectivity index (χ0) is 32.4. The molecule has 0 radical (unpaired) electrons. The molecule has 246 valence electrons. The Morgan fingerprint density at radius 2 is 1.40 bits per heavy atom. The van der Waals surface area contributed by atoms with Crippen molar-refractivity contribution >= 4 is 20.3 Å². The minimum absolute atomic E-state index is 0.0240. The van der Waals surface area contributed by atoms with E-state index in [1.807, 2.05) is 26.0 Å². The number of hydrogen-bond donors (Lipinski definition) is 0. The van der Waals surface area contributed by atoms with Crippen molar-refractivity contribution in [3.63, 3.8) is 0 Å². The summed E-state index contributed by atoms with van der Waals surface area (Å²) >= 11 is 0. The number of hydrogen-bond acceptors (Lipinski definition) is 10. The molecule has 5 rings (SSSR count). The van der Waals surface area contributed by atoms with Gasteiger partial charge in [-0.05, 0) is 56.2 Å². The van der Waals surface area contributed by atoms with Crippen molar-refractivity contribution in [3.05, 3.63) is 71.8 Å². The second kappa shape index (κ2) is 13.6. The number of ether oxygens (including phenoxy) is 7. The lowest BCUT2D eigenvalue weighted by Crippen LogP contribution is -2.46. The first-order chi connectivity index (χ1) is 21.2. The van der Waals surface area contributed by atoms with E-state index in [0.29, 0.717) is 24.2 Å². The maximum absolute atomic E-state index is 12.7. The molecule has 7 atom stereocenters. The van der Waals surface area contributed by atoms with E-state index in [9.17, 15) is 9.59 Å². The van der Waals surface area contributed by atoms with Gasteiger partial charge in [-0.3, -0.25) is 0 Å². The van der Waals surface area contributed by atoms with Gasteiger partial charge in [-0.1, -0.05) is 57.2 Å². The summed E-state index contributed by atoms with van der Waals surface area (Å²) < 4.78 is 49.3. The van der Waals surface area contributed by atoms with E-state index in [0.717, 1.165) is 0 Å².